The molecule has 174 valence electrons. The number of rotatable bonds is 7. The van der Waals surface area contributed by atoms with Crippen LogP contribution in [-0.4, -0.2) is 32.4 Å². The Hall–Kier alpha value is -3.45. The lowest BCUT2D eigenvalue weighted by atomic mass is 9.86. The van der Waals surface area contributed by atoms with E-state index in [0.717, 1.165) is 24.0 Å². The molecule has 1 aliphatic carbocycles. The first kappa shape index (κ1) is 22.3. The molecule has 3 aromatic rings. The van der Waals surface area contributed by atoms with Crippen LogP contribution in [0.2, 0.25) is 0 Å². The van der Waals surface area contributed by atoms with Crippen molar-refractivity contribution in [3.8, 4) is 0 Å². The number of pyridine rings is 1. The number of carbonyl (C=O) groups is 1. The van der Waals surface area contributed by atoms with Gasteiger partial charge in [0.25, 0.3) is 15.9 Å². The lowest BCUT2D eigenvalue weighted by molar-refractivity contribution is -0.114. The Kier molecular flexibility index (Phi) is 5.52. The van der Waals surface area contributed by atoms with Gasteiger partial charge in [0.1, 0.15) is 10.7 Å². The van der Waals surface area contributed by atoms with Crippen molar-refractivity contribution in [3.63, 3.8) is 0 Å². The number of nitrogens with zero attached hydrogens (tertiary/aromatic N) is 3. The van der Waals surface area contributed by atoms with Crippen LogP contribution >= 0.6 is 0 Å². The number of hydrogen-bond acceptors (Lipinski definition) is 4. The number of aromatic nitrogens is 1. The van der Waals surface area contributed by atoms with Gasteiger partial charge in [0, 0.05) is 30.3 Å². The van der Waals surface area contributed by atoms with Crippen LogP contribution in [0.4, 0.5) is 11.5 Å². The standard InChI is InChI=1S/C27H27N3O3S/c1-3-30(22-12-8-5-9-13-22)34(32,33)23-14-15-24(28-18-23)29-19-20(2)25(26(29)31)27(16-17-27)21-10-6-4-7-11-21/h4-15,18H,3,16-17,19H2,1-2H3. The van der Waals surface area contributed by atoms with Gasteiger partial charge in [-0.25, -0.2) is 13.4 Å². The number of benzene rings is 2. The van der Waals surface area contributed by atoms with E-state index in [9.17, 15) is 13.2 Å². The molecule has 34 heavy (non-hydrogen) atoms. The van der Waals surface area contributed by atoms with Gasteiger partial charge in [0.15, 0.2) is 0 Å². The second kappa shape index (κ2) is 8.40. The molecule has 0 spiro atoms. The molecular formula is C27H27N3O3S. The van der Waals surface area contributed by atoms with E-state index in [1.807, 2.05) is 43.3 Å². The summed E-state index contributed by atoms with van der Waals surface area (Å²) in [7, 11) is -3.77. The van der Waals surface area contributed by atoms with Gasteiger partial charge in [0.05, 0.1) is 5.69 Å². The van der Waals surface area contributed by atoms with Gasteiger partial charge < -0.3 is 0 Å². The van der Waals surface area contributed by atoms with E-state index in [1.165, 1.54) is 22.1 Å². The van der Waals surface area contributed by atoms with Crippen molar-refractivity contribution in [2.45, 2.75) is 37.0 Å². The smallest absolute Gasteiger partial charge is 0.265 e. The van der Waals surface area contributed by atoms with E-state index >= 15 is 0 Å². The topological polar surface area (TPSA) is 70.6 Å². The van der Waals surface area contributed by atoms with Gasteiger partial charge in [-0.15, -0.1) is 0 Å². The largest absolute Gasteiger partial charge is 0.289 e. The second-order valence-corrected chi connectivity index (χ2v) is 10.7. The summed E-state index contributed by atoms with van der Waals surface area (Å²) in [5.41, 5.74) is 3.47. The first-order valence-electron chi connectivity index (χ1n) is 11.5. The summed E-state index contributed by atoms with van der Waals surface area (Å²) in [6.07, 6.45) is 3.27. The zero-order valence-electron chi connectivity index (χ0n) is 19.3. The van der Waals surface area contributed by atoms with E-state index in [4.69, 9.17) is 0 Å². The van der Waals surface area contributed by atoms with Crippen molar-refractivity contribution < 1.29 is 13.2 Å². The molecule has 0 bridgehead atoms. The first-order valence-corrected chi connectivity index (χ1v) is 12.9. The summed E-state index contributed by atoms with van der Waals surface area (Å²) in [4.78, 5) is 19.7. The van der Waals surface area contributed by atoms with Crippen molar-refractivity contribution in [3.05, 3.63) is 95.7 Å². The molecule has 0 radical (unpaired) electrons. The fourth-order valence-electron chi connectivity index (χ4n) is 4.97. The molecule has 0 unspecified atom stereocenters. The Balaban J connectivity index is 1.40. The summed E-state index contributed by atoms with van der Waals surface area (Å²) >= 11 is 0. The van der Waals surface area contributed by atoms with Gasteiger partial charge >= 0.3 is 0 Å². The van der Waals surface area contributed by atoms with Crippen molar-refractivity contribution in [1.29, 1.82) is 0 Å². The summed E-state index contributed by atoms with van der Waals surface area (Å²) < 4.78 is 27.9. The third kappa shape index (κ3) is 3.60. The molecule has 1 saturated carbocycles. The number of hydrogen-bond donors (Lipinski definition) is 0. The fourth-order valence-corrected chi connectivity index (χ4v) is 6.39. The maximum absolute atomic E-state index is 13.5. The minimum absolute atomic E-state index is 0.0403. The van der Waals surface area contributed by atoms with Gasteiger partial charge in [0.2, 0.25) is 0 Å². The average molecular weight is 474 g/mol. The predicted molar refractivity (Wildman–Crippen MR) is 133 cm³/mol. The third-order valence-corrected chi connectivity index (χ3v) is 8.64. The van der Waals surface area contributed by atoms with E-state index in [2.05, 4.69) is 17.1 Å². The van der Waals surface area contributed by atoms with Gasteiger partial charge in [-0.05, 0) is 62.1 Å². The highest BCUT2D eigenvalue weighted by atomic mass is 32.2. The molecule has 0 N–H and O–H groups in total. The lowest BCUT2D eigenvalue weighted by Gasteiger charge is -2.23. The third-order valence-electron chi connectivity index (χ3n) is 6.75. The normalized spacial score (nSPS) is 17.2. The van der Waals surface area contributed by atoms with Crippen LogP contribution in [0.3, 0.4) is 0 Å². The molecule has 0 atom stereocenters. The van der Waals surface area contributed by atoms with E-state index in [-0.39, 0.29) is 16.2 Å². The Morgan fingerprint density at radius 2 is 1.62 bits per heavy atom. The zero-order chi connectivity index (χ0) is 23.9. The molecule has 2 aliphatic rings. The summed E-state index contributed by atoms with van der Waals surface area (Å²) in [5.74, 6) is 0.423. The van der Waals surface area contributed by atoms with Crippen LogP contribution in [0, 0.1) is 0 Å². The van der Waals surface area contributed by atoms with Crippen molar-refractivity contribution in [2.75, 3.05) is 22.3 Å². The Bertz CT molecular complexity index is 1350. The van der Waals surface area contributed by atoms with Crippen molar-refractivity contribution in [2.24, 2.45) is 0 Å². The number of anilines is 2. The number of sulfonamides is 1. The Morgan fingerprint density at radius 3 is 2.18 bits per heavy atom. The zero-order valence-corrected chi connectivity index (χ0v) is 20.1. The molecule has 7 heteroatoms. The van der Waals surface area contributed by atoms with E-state index in [0.29, 0.717) is 24.6 Å². The molecular weight excluding hydrogens is 446 g/mol. The molecule has 1 aliphatic heterocycles. The maximum atomic E-state index is 13.5. The van der Waals surface area contributed by atoms with Gasteiger partial charge in [-0.1, -0.05) is 48.5 Å². The predicted octanol–water partition coefficient (Wildman–Crippen LogP) is 4.69. The summed E-state index contributed by atoms with van der Waals surface area (Å²) in [5, 5.41) is 0. The monoisotopic (exact) mass is 473 g/mol. The molecule has 1 fully saturated rings. The van der Waals surface area contributed by atoms with Crippen molar-refractivity contribution >= 4 is 27.4 Å². The van der Waals surface area contributed by atoms with Crippen LogP contribution < -0.4 is 9.21 Å². The van der Waals surface area contributed by atoms with Crippen molar-refractivity contribution in [1.82, 2.24) is 4.98 Å². The Morgan fingerprint density at radius 1 is 0.971 bits per heavy atom. The minimum atomic E-state index is -3.77. The summed E-state index contributed by atoms with van der Waals surface area (Å²) in [6, 6.07) is 22.4. The molecule has 0 saturated heterocycles. The van der Waals surface area contributed by atoms with Crippen LogP contribution in [-0.2, 0) is 20.2 Å². The van der Waals surface area contributed by atoms with Crippen LogP contribution in [0.15, 0.2) is 95.0 Å². The molecule has 5 rings (SSSR count). The highest BCUT2D eigenvalue weighted by molar-refractivity contribution is 7.92. The van der Waals surface area contributed by atoms with Gasteiger partial charge in [-0.3, -0.25) is 14.0 Å². The maximum Gasteiger partial charge on any atom is 0.265 e. The number of carbonyl (C=O) groups excluding carboxylic acids is 1. The highest BCUT2D eigenvalue weighted by Crippen LogP contribution is 2.56. The molecule has 1 aromatic heterocycles. The second-order valence-electron chi connectivity index (χ2n) is 8.85. The number of para-hydroxylation sites is 1. The molecule has 6 nitrogen and oxygen atoms in total. The van der Waals surface area contributed by atoms with E-state index in [1.54, 1.807) is 30.0 Å². The lowest BCUT2D eigenvalue weighted by Crippen LogP contribution is -2.32. The van der Waals surface area contributed by atoms with Gasteiger partial charge in [-0.2, -0.15) is 0 Å². The van der Waals surface area contributed by atoms with Crippen LogP contribution in [0.25, 0.3) is 0 Å². The minimum Gasteiger partial charge on any atom is -0.289 e. The average Bonchev–Trinajstić information content (AvgIpc) is 3.60. The molecule has 1 amide bonds. The SMILES string of the molecule is CCN(c1ccccc1)S(=O)(=O)c1ccc(N2CC(C)=C(C3(c4ccccc4)CC3)C2=O)nc1. The quantitative estimate of drug-likeness (QED) is 0.499. The van der Waals surface area contributed by atoms with Crippen LogP contribution in [0.5, 0.6) is 0 Å². The fraction of sp³-hybridized carbons (Fsp3) is 0.259. The Labute approximate surface area is 200 Å². The molecule has 2 aromatic carbocycles. The molecule has 2 heterocycles. The number of amides is 1. The summed E-state index contributed by atoms with van der Waals surface area (Å²) in [6.45, 7) is 4.57. The van der Waals surface area contributed by atoms with E-state index < -0.39 is 10.0 Å². The highest BCUT2D eigenvalue weighted by Gasteiger charge is 2.53. The van der Waals surface area contributed by atoms with Crippen LogP contribution in [0.1, 0.15) is 32.3 Å². The first-order chi connectivity index (χ1) is 16.4.